The van der Waals surface area contributed by atoms with Gasteiger partial charge in [-0.1, -0.05) is 53.2 Å². The van der Waals surface area contributed by atoms with E-state index in [-0.39, 0.29) is 11.3 Å². The largest absolute Gasteiger partial charge is 0.503 e. The zero-order chi connectivity index (χ0) is 25.8. The van der Waals surface area contributed by atoms with Crippen molar-refractivity contribution in [1.29, 1.82) is 0 Å². The van der Waals surface area contributed by atoms with Crippen molar-refractivity contribution in [1.82, 2.24) is 4.98 Å². The summed E-state index contributed by atoms with van der Waals surface area (Å²) in [5.74, 6) is -1.66. The number of hydrogen-bond acceptors (Lipinski definition) is 4. The summed E-state index contributed by atoms with van der Waals surface area (Å²) in [7, 11) is 0. The van der Waals surface area contributed by atoms with Gasteiger partial charge in [-0.05, 0) is 61.4 Å². The molecular formula is C30H23BrN2O4. The van der Waals surface area contributed by atoms with Crippen LogP contribution in [-0.4, -0.2) is 21.8 Å². The Bertz CT molecular complexity index is 1740. The maximum Gasteiger partial charge on any atom is 0.294 e. The fourth-order valence-corrected chi connectivity index (χ4v) is 5.56. The van der Waals surface area contributed by atoms with Crippen molar-refractivity contribution in [2.45, 2.75) is 26.3 Å². The van der Waals surface area contributed by atoms with E-state index >= 15 is 0 Å². The Morgan fingerprint density at radius 3 is 2.59 bits per heavy atom. The van der Waals surface area contributed by atoms with Gasteiger partial charge in [0.05, 0.1) is 11.6 Å². The number of nitrogens with one attached hydrogen (secondary N) is 1. The second-order valence-corrected chi connectivity index (χ2v) is 10.1. The van der Waals surface area contributed by atoms with Gasteiger partial charge >= 0.3 is 0 Å². The number of ketones is 1. The van der Waals surface area contributed by atoms with Crippen molar-refractivity contribution in [2.24, 2.45) is 0 Å². The molecule has 5 aromatic rings. The third-order valence-electron chi connectivity index (χ3n) is 6.99. The van der Waals surface area contributed by atoms with Gasteiger partial charge in [-0.25, -0.2) is 0 Å². The number of carbonyl (C=O) groups is 2. The molecule has 0 saturated heterocycles. The molecule has 6 rings (SSSR count). The van der Waals surface area contributed by atoms with Crippen LogP contribution < -0.4 is 4.90 Å². The van der Waals surface area contributed by atoms with Crippen molar-refractivity contribution in [3.8, 4) is 0 Å². The van der Waals surface area contributed by atoms with Gasteiger partial charge in [0.1, 0.15) is 5.58 Å². The van der Waals surface area contributed by atoms with Crippen LogP contribution in [0.15, 0.2) is 93.0 Å². The third-order valence-corrected chi connectivity index (χ3v) is 7.49. The molecule has 6 nitrogen and oxygen atoms in total. The summed E-state index contributed by atoms with van der Waals surface area (Å²) in [6.45, 7) is 3.97. The summed E-state index contributed by atoms with van der Waals surface area (Å²) in [6, 6.07) is 21.6. The predicted octanol–water partition coefficient (Wildman–Crippen LogP) is 7.33. The van der Waals surface area contributed by atoms with Crippen LogP contribution in [0.5, 0.6) is 0 Å². The second-order valence-electron chi connectivity index (χ2n) is 9.19. The summed E-state index contributed by atoms with van der Waals surface area (Å²) in [4.78, 5) is 32.4. The number of benzene rings is 3. The van der Waals surface area contributed by atoms with E-state index in [0.29, 0.717) is 11.3 Å². The Balaban J connectivity index is 1.56. The van der Waals surface area contributed by atoms with Gasteiger partial charge in [0, 0.05) is 37.7 Å². The molecule has 1 atom stereocenters. The Labute approximate surface area is 221 Å². The van der Waals surface area contributed by atoms with Gasteiger partial charge in [-0.15, -0.1) is 0 Å². The lowest BCUT2D eigenvalue weighted by atomic mass is 9.92. The molecule has 0 aliphatic carbocycles. The molecule has 2 aromatic heterocycles. The monoisotopic (exact) mass is 554 g/mol. The topological polar surface area (TPSA) is 86.5 Å². The van der Waals surface area contributed by atoms with Crippen molar-refractivity contribution >= 4 is 55.2 Å². The number of aromatic nitrogens is 1. The number of fused-ring (bicyclic) bond motifs is 2. The van der Waals surface area contributed by atoms with Crippen LogP contribution in [0.4, 0.5) is 5.69 Å². The molecule has 7 heteroatoms. The van der Waals surface area contributed by atoms with E-state index in [2.05, 4.69) is 27.8 Å². The Morgan fingerprint density at radius 2 is 1.84 bits per heavy atom. The zero-order valence-electron chi connectivity index (χ0n) is 20.2. The lowest BCUT2D eigenvalue weighted by Gasteiger charge is -2.27. The third kappa shape index (κ3) is 3.69. The molecule has 37 heavy (non-hydrogen) atoms. The van der Waals surface area contributed by atoms with E-state index in [1.165, 1.54) is 4.90 Å². The van der Waals surface area contributed by atoms with Crippen LogP contribution >= 0.6 is 15.9 Å². The molecule has 184 valence electrons. The number of H-pyrrole nitrogens is 1. The number of aliphatic hydroxyl groups is 1. The van der Waals surface area contributed by atoms with E-state index in [1.807, 2.05) is 67.6 Å². The molecule has 3 aromatic carbocycles. The number of Topliss-reactive ketones (excluding diaryl/α,β-unsaturated/α-hetero) is 1. The first-order valence-corrected chi connectivity index (χ1v) is 12.8. The van der Waals surface area contributed by atoms with Gasteiger partial charge in [-0.3, -0.25) is 14.5 Å². The number of aromatic amines is 1. The lowest BCUT2D eigenvalue weighted by Crippen LogP contribution is -2.31. The van der Waals surface area contributed by atoms with Gasteiger partial charge < -0.3 is 14.5 Å². The summed E-state index contributed by atoms with van der Waals surface area (Å²) in [5.41, 5.74) is 4.71. The Kier molecular flexibility index (Phi) is 5.53. The van der Waals surface area contributed by atoms with E-state index in [1.54, 1.807) is 12.1 Å². The first kappa shape index (κ1) is 23.3. The van der Waals surface area contributed by atoms with Crippen LogP contribution in [0, 0.1) is 6.92 Å². The van der Waals surface area contributed by atoms with Gasteiger partial charge in [0.15, 0.2) is 11.5 Å². The average Bonchev–Trinajstić information content (AvgIpc) is 3.54. The minimum atomic E-state index is -0.844. The number of rotatable bonds is 5. The van der Waals surface area contributed by atoms with E-state index < -0.39 is 23.5 Å². The highest BCUT2D eigenvalue weighted by Gasteiger charge is 2.46. The maximum atomic E-state index is 14.0. The normalized spacial score (nSPS) is 15.9. The van der Waals surface area contributed by atoms with Crippen molar-refractivity contribution in [3.63, 3.8) is 0 Å². The summed E-state index contributed by atoms with van der Waals surface area (Å²) in [5, 5.41) is 12.8. The van der Waals surface area contributed by atoms with E-state index in [9.17, 15) is 14.7 Å². The number of nitrogens with zero attached hydrogens (tertiary/aromatic N) is 1. The molecule has 0 spiro atoms. The highest BCUT2D eigenvalue weighted by atomic mass is 79.9. The second kappa shape index (κ2) is 8.78. The zero-order valence-corrected chi connectivity index (χ0v) is 21.8. The van der Waals surface area contributed by atoms with Crippen LogP contribution in [0.2, 0.25) is 0 Å². The maximum absolute atomic E-state index is 14.0. The molecule has 2 N–H and O–H groups in total. The molecule has 1 aliphatic heterocycles. The van der Waals surface area contributed by atoms with Gasteiger partial charge in [-0.2, -0.15) is 0 Å². The lowest BCUT2D eigenvalue weighted by molar-refractivity contribution is -0.117. The van der Waals surface area contributed by atoms with E-state index in [0.717, 1.165) is 44.0 Å². The SMILES string of the molecule is CCc1ccc(N2C(=O)C(O)=C(C(=O)c3cc4cc(Br)ccc4o3)C2c2c(C)[nH]c3ccccc23)cc1. The number of halogens is 1. The number of hydrogen-bond donors (Lipinski definition) is 2. The van der Waals surface area contributed by atoms with Gasteiger partial charge in [0.2, 0.25) is 5.78 Å². The minimum Gasteiger partial charge on any atom is -0.503 e. The fraction of sp³-hybridized carbons (Fsp3) is 0.133. The summed E-state index contributed by atoms with van der Waals surface area (Å²) >= 11 is 3.44. The first-order chi connectivity index (χ1) is 17.9. The van der Waals surface area contributed by atoms with E-state index in [4.69, 9.17) is 4.42 Å². The molecule has 0 fully saturated rings. The average molecular weight is 555 g/mol. The number of aliphatic hydroxyl groups excluding tert-OH is 1. The Morgan fingerprint density at radius 1 is 1.08 bits per heavy atom. The summed E-state index contributed by atoms with van der Waals surface area (Å²) in [6.07, 6.45) is 0.856. The highest BCUT2D eigenvalue weighted by Crippen LogP contribution is 2.45. The van der Waals surface area contributed by atoms with Gasteiger partial charge in [0.25, 0.3) is 5.91 Å². The minimum absolute atomic E-state index is 0.00413. The predicted molar refractivity (Wildman–Crippen MR) is 147 cm³/mol. The van der Waals surface area contributed by atoms with Crippen molar-refractivity contribution in [2.75, 3.05) is 4.90 Å². The molecule has 0 bridgehead atoms. The number of anilines is 1. The number of carbonyl (C=O) groups excluding carboxylic acids is 2. The number of amides is 1. The van der Waals surface area contributed by atoms with Crippen molar-refractivity contribution in [3.05, 3.63) is 111 Å². The summed E-state index contributed by atoms with van der Waals surface area (Å²) < 4.78 is 6.74. The number of furan rings is 1. The molecule has 0 saturated carbocycles. The Hall–Kier alpha value is -4.10. The number of aryl methyl sites for hydroxylation is 2. The highest BCUT2D eigenvalue weighted by molar-refractivity contribution is 9.10. The van der Waals surface area contributed by atoms with Crippen molar-refractivity contribution < 1.29 is 19.1 Å². The van der Waals surface area contributed by atoms with Crippen LogP contribution in [0.1, 0.15) is 40.3 Å². The standard InChI is InChI=1S/C30H23BrN2O4/c1-3-17-8-11-20(12-9-17)33-27(25-16(2)32-22-7-5-4-6-21(22)25)26(29(35)30(33)36)28(34)24-15-18-14-19(31)10-13-23(18)37-24/h4-15,27,32,35H,3H2,1-2H3. The van der Waals surface area contributed by atoms with Crippen LogP contribution in [0.25, 0.3) is 21.9 Å². The molecule has 1 unspecified atom stereocenters. The van der Waals surface area contributed by atoms with Crippen LogP contribution in [-0.2, 0) is 11.2 Å². The fourth-order valence-electron chi connectivity index (χ4n) is 5.18. The quantitative estimate of drug-likeness (QED) is 0.222. The number of para-hydroxylation sites is 1. The molecule has 1 aliphatic rings. The molecule has 1 amide bonds. The van der Waals surface area contributed by atoms with Crippen LogP contribution in [0.3, 0.4) is 0 Å². The first-order valence-electron chi connectivity index (χ1n) is 12.0. The molecule has 0 radical (unpaired) electrons. The molecule has 3 heterocycles. The molecular weight excluding hydrogens is 532 g/mol. The smallest absolute Gasteiger partial charge is 0.294 e.